The highest BCUT2D eigenvalue weighted by molar-refractivity contribution is 5.75. The minimum Gasteiger partial charge on any atom is -0.465 e. The van der Waals surface area contributed by atoms with Gasteiger partial charge in [-0.15, -0.1) is 6.58 Å². The molecule has 0 bridgehead atoms. The van der Waals surface area contributed by atoms with E-state index in [4.69, 9.17) is 4.74 Å². The zero-order chi connectivity index (χ0) is 12.0. The Hall–Kier alpha value is -0.830. The first-order valence-electron chi connectivity index (χ1n) is 6.18. The Kier molecular flexibility index (Phi) is 5.53. The Bertz CT molecular complexity index is 231. The van der Waals surface area contributed by atoms with Crippen LogP contribution in [0.2, 0.25) is 0 Å². The minimum atomic E-state index is -0.628. The first-order chi connectivity index (χ1) is 7.70. The lowest BCUT2D eigenvalue weighted by atomic mass is 9.80. The van der Waals surface area contributed by atoms with Gasteiger partial charge in [-0.25, -0.2) is 0 Å². The fourth-order valence-corrected chi connectivity index (χ4v) is 2.38. The molecular weight excluding hydrogens is 204 g/mol. The smallest absolute Gasteiger partial charge is 0.315 e. The van der Waals surface area contributed by atoms with Crippen LogP contribution in [0, 0.1) is 11.8 Å². The molecule has 16 heavy (non-hydrogen) atoms. The van der Waals surface area contributed by atoms with Crippen LogP contribution in [-0.4, -0.2) is 23.8 Å². The highest BCUT2D eigenvalue weighted by Gasteiger charge is 2.32. The second kappa shape index (κ2) is 6.69. The number of carbonyl (C=O) groups is 1. The van der Waals surface area contributed by atoms with Gasteiger partial charge in [-0.2, -0.15) is 0 Å². The molecule has 92 valence electrons. The summed E-state index contributed by atoms with van der Waals surface area (Å²) in [5.41, 5.74) is 0. The molecular formula is C13H22O3. The van der Waals surface area contributed by atoms with Crippen LogP contribution >= 0.6 is 0 Å². The van der Waals surface area contributed by atoms with Crippen molar-refractivity contribution in [3.05, 3.63) is 12.7 Å². The minimum absolute atomic E-state index is 0.223. The van der Waals surface area contributed by atoms with Gasteiger partial charge in [0.25, 0.3) is 0 Å². The Morgan fingerprint density at radius 2 is 2.12 bits per heavy atom. The molecule has 0 aromatic rings. The third kappa shape index (κ3) is 3.34. The van der Waals surface area contributed by atoms with Gasteiger partial charge in [-0.05, 0) is 25.7 Å². The first kappa shape index (κ1) is 13.2. The van der Waals surface area contributed by atoms with Crippen molar-refractivity contribution in [3.8, 4) is 0 Å². The molecule has 1 aliphatic rings. The summed E-state index contributed by atoms with van der Waals surface area (Å²) in [5, 5.41) is 10.2. The van der Waals surface area contributed by atoms with Crippen LogP contribution in [0.1, 0.15) is 39.0 Å². The molecule has 0 spiro atoms. The van der Waals surface area contributed by atoms with Crippen molar-refractivity contribution in [1.29, 1.82) is 0 Å². The number of hydrogen-bond acceptors (Lipinski definition) is 3. The summed E-state index contributed by atoms with van der Waals surface area (Å²) in [6, 6.07) is 0. The van der Waals surface area contributed by atoms with Crippen molar-refractivity contribution in [2.24, 2.45) is 11.8 Å². The zero-order valence-corrected chi connectivity index (χ0v) is 10.0. The molecule has 1 N–H and O–H groups in total. The predicted molar refractivity (Wildman–Crippen MR) is 62.9 cm³/mol. The Morgan fingerprint density at radius 3 is 2.62 bits per heavy atom. The van der Waals surface area contributed by atoms with Gasteiger partial charge >= 0.3 is 5.97 Å². The number of esters is 1. The second-order valence-electron chi connectivity index (χ2n) is 4.40. The molecule has 2 atom stereocenters. The lowest BCUT2D eigenvalue weighted by Gasteiger charge is -2.29. The van der Waals surface area contributed by atoms with E-state index in [0.29, 0.717) is 6.61 Å². The fraction of sp³-hybridized carbons (Fsp3) is 0.769. The van der Waals surface area contributed by atoms with Gasteiger partial charge < -0.3 is 9.84 Å². The third-order valence-corrected chi connectivity index (χ3v) is 3.31. The summed E-state index contributed by atoms with van der Waals surface area (Å²) >= 11 is 0. The molecule has 0 unspecified atom stereocenters. The molecule has 1 aliphatic carbocycles. The molecule has 0 heterocycles. The largest absolute Gasteiger partial charge is 0.465 e. The average molecular weight is 226 g/mol. The van der Waals surface area contributed by atoms with E-state index >= 15 is 0 Å². The maximum absolute atomic E-state index is 11.6. The topological polar surface area (TPSA) is 46.5 Å². The summed E-state index contributed by atoms with van der Waals surface area (Å²) < 4.78 is 4.94. The van der Waals surface area contributed by atoms with Crippen molar-refractivity contribution in [3.63, 3.8) is 0 Å². The second-order valence-corrected chi connectivity index (χ2v) is 4.40. The Labute approximate surface area is 97.5 Å². The van der Waals surface area contributed by atoms with E-state index in [-0.39, 0.29) is 11.9 Å². The fourth-order valence-electron chi connectivity index (χ4n) is 2.38. The molecule has 0 aromatic carbocycles. The van der Waals surface area contributed by atoms with E-state index in [2.05, 4.69) is 6.58 Å². The van der Waals surface area contributed by atoms with E-state index in [1.807, 2.05) is 0 Å². The van der Waals surface area contributed by atoms with E-state index in [9.17, 15) is 9.90 Å². The summed E-state index contributed by atoms with van der Waals surface area (Å²) in [4.78, 5) is 11.6. The lowest BCUT2D eigenvalue weighted by molar-refractivity contribution is -0.151. The van der Waals surface area contributed by atoms with E-state index < -0.39 is 12.0 Å². The van der Waals surface area contributed by atoms with Gasteiger partial charge in [0.2, 0.25) is 0 Å². The Morgan fingerprint density at radius 1 is 1.50 bits per heavy atom. The van der Waals surface area contributed by atoms with Crippen LogP contribution in [0.5, 0.6) is 0 Å². The van der Waals surface area contributed by atoms with Crippen molar-refractivity contribution >= 4 is 5.97 Å². The molecule has 1 rings (SSSR count). The number of aliphatic hydroxyl groups excluding tert-OH is 1. The molecule has 0 aromatic heterocycles. The molecule has 0 saturated heterocycles. The third-order valence-electron chi connectivity index (χ3n) is 3.31. The summed E-state index contributed by atoms with van der Waals surface area (Å²) in [5.74, 6) is -0.695. The average Bonchev–Trinajstić information content (AvgIpc) is 2.31. The molecule has 3 nitrogen and oxygen atoms in total. The van der Waals surface area contributed by atoms with E-state index in [0.717, 1.165) is 25.7 Å². The van der Waals surface area contributed by atoms with Gasteiger partial charge in [-0.3, -0.25) is 4.79 Å². The van der Waals surface area contributed by atoms with Crippen LogP contribution in [0.4, 0.5) is 0 Å². The molecule has 0 amide bonds. The molecule has 1 saturated carbocycles. The van der Waals surface area contributed by atoms with E-state index in [1.165, 1.54) is 12.5 Å². The van der Waals surface area contributed by atoms with Crippen molar-refractivity contribution < 1.29 is 14.6 Å². The quantitative estimate of drug-likeness (QED) is 0.578. The van der Waals surface area contributed by atoms with Gasteiger partial charge in [0, 0.05) is 0 Å². The maximum atomic E-state index is 11.6. The van der Waals surface area contributed by atoms with Gasteiger partial charge in [0.15, 0.2) is 0 Å². The number of hydrogen-bond donors (Lipinski definition) is 1. The van der Waals surface area contributed by atoms with Crippen molar-refractivity contribution in [2.45, 2.75) is 45.1 Å². The molecule has 3 heteroatoms. The molecule has 0 radical (unpaired) electrons. The van der Waals surface area contributed by atoms with Gasteiger partial charge in [-0.1, -0.05) is 25.3 Å². The van der Waals surface area contributed by atoms with Gasteiger partial charge in [0.05, 0.1) is 12.7 Å². The maximum Gasteiger partial charge on any atom is 0.315 e. The molecule has 1 fully saturated rings. The standard InChI is InChI=1S/C13H22O3/c1-3-11(13(15)16-4-2)12(14)10-8-6-5-7-9-10/h3,10-12,14H,1,4-9H2,2H3/t11-,12-/m1/s1. The van der Waals surface area contributed by atoms with Crippen LogP contribution in [-0.2, 0) is 9.53 Å². The molecule has 0 aliphatic heterocycles. The van der Waals surface area contributed by atoms with Crippen LogP contribution in [0.15, 0.2) is 12.7 Å². The zero-order valence-electron chi connectivity index (χ0n) is 10.0. The number of rotatable bonds is 5. The lowest BCUT2D eigenvalue weighted by Crippen LogP contribution is -2.35. The number of carbonyl (C=O) groups excluding carboxylic acids is 1. The van der Waals surface area contributed by atoms with Crippen LogP contribution in [0.3, 0.4) is 0 Å². The van der Waals surface area contributed by atoms with Crippen molar-refractivity contribution in [2.75, 3.05) is 6.61 Å². The number of ether oxygens (including phenoxy) is 1. The van der Waals surface area contributed by atoms with Gasteiger partial charge in [0.1, 0.15) is 5.92 Å². The summed E-state index contributed by atoms with van der Waals surface area (Å²) in [6.45, 7) is 5.74. The van der Waals surface area contributed by atoms with E-state index in [1.54, 1.807) is 6.92 Å². The highest BCUT2D eigenvalue weighted by atomic mass is 16.5. The first-order valence-corrected chi connectivity index (χ1v) is 6.18. The van der Waals surface area contributed by atoms with Crippen molar-refractivity contribution in [1.82, 2.24) is 0 Å². The predicted octanol–water partition coefficient (Wildman–Crippen LogP) is 2.29. The SMILES string of the molecule is C=C[C@@H](C(=O)OCC)[C@H](O)C1CCCCC1. The van der Waals surface area contributed by atoms with Crippen LogP contribution in [0.25, 0.3) is 0 Å². The summed E-state index contributed by atoms with van der Waals surface area (Å²) in [7, 11) is 0. The van der Waals surface area contributed by atoms with Crippen LogP contribution < -0.4 is 0 Å². The Balaban J connectivity index is 2.56. The normalized spacial score (nSPS) is 21.1. The number of aliphatic hydroxyl groups is 1. The monoisotopic (exact) mass is 226 g/mol. The summed E-state index contributed by atoms with van der Waals surface area (Å²) in [6.07, 6.45) is 6.42. The highest BCUT2D eigenvalue weighted by Crippen LogP contribution is 2.30.